The molecule has 31 heavy (non-hydrogen) atoms. The van der Waals surface area contributed by atoms with Gasteiger partial charge in [-0.3, -0.25) is 4.79 Å². The van der Waals surface area contributed by atoms with E-state index in [0.29, 0.717) is 5.75 Å². The van der Waals surface area contributed by atoms with Crippen molar-refractivity contribution in [3.05, 3.63) is 78.9 Å². The lowest BCUT2D eigenvalue weighted by Gasteiger charge is -2.35. The van der Waals surface area contributed by atoms with Crippen LogP contribution >= 0.6 is 0 Å². The molecule has 1 heterocycles. The first-order chi connectivity index (χ1) is 15.2. The molecule has 1 aliphatic heterocycles. The molecule has 4 rings (SSSR count). The van der Waals surface area contributed by atoms with Crippen molar-refractivity contribution >= 4 is 17.3 Å². The lowest BCUT2D eigenvalue weighted by Crippen LogP contribution is -2.46. The van der Waals surface area contributed by atoms with Crippen molar-refractivity contribution in [1.82, 2.24) is 4.90 Å². The number of carbonyl (C=O) groups is 1. The normalized spacial score (nSPS) is 14.3. The number of likely N-dealkylation sites (N-methyl/N-ethyl adjacent to an activating group) is 1. The van der Waals surface area contributed by atoms with E-state index in [4.69, 9.17) is 4.74 Å². The van der Waals surface area contributed by atoms with Crippen LogP contribution in [0.2, 0.25) is 0 Å². The third kappa shape index (κ3) is 5.44. The van der Waals surface area contributed by atoms with Crippen LogP contribution in [0, 0.1) is 0 Å². The average Bonchev–Trinajstić information content (AvgIpc) is 2.84. The van der Waals surface area contributed by atoms with Crippen LogP contribution in [-0.2, 0) is 4.79 Å². The highest BCUT2D eigenvalue weighted by Gasteiger charge is 2.16. The maximum Gasteiger partial charge on any atom is 0.262 e. The topological polar surface area (TPSA) is 44.8 Å². The van der Waals surface area contributed by atoms with E-state index in [1.165, 1.54) is 5.69 Å². The Morgan fingerprint density at radius 2 is 1.55 bits per heavy atom. The molecule has 0 radical (unpaired) electrons. The predicted molar refractivity (Wildman–Crippen MR) is 127 cm³/mol. The Morgan fingerprint density at radius 3 is 2.26 bits per heavy atom. The fourth-order valence-corrected chi connectivity index (χ4v) is 3.87. The van der Waals surface area contributed by atoms with E-state index in [2.05, 4.69) is 34.2 Å². The zero-order chi connectivity index (χ0) is 21.5. The van der Waals surface area contributed by atoms with Gasteiger partial charge in [0, 0.05) is 43.1 Å². The van der Waals surface area contributed by atoms with Crippen molar-refractivity contribution in [3.63, 3.8) is 0 Å². The van der Waals surface area contributed by atoms with Crippen LogP contribution in [0.1, 0.15) is 6.92 Å². The minimum atomic E-state index is -0.174. The molecule has 1 saturated heterocycles. The molecule has 1 fully saturated rings. The summed E-state index contributed by atoms with van der Waals surface area (Å²) < 4.78 is 5.84. The molecular weight excluding hydrogens is 386 g/mol. The number of piperazine rings is 1. The van der Waals surface area contributed by atoms with Gasteiger partial charge in [-0.25, -0.2) is 0 Å². The summed E-state index contributed by atoms with van der Waals surface area (Å²) in [5, 5.41) is 2.93. The number of carbonyl (C=O) groups excluding carboxylic acids is 1. The zero-order valence-electron chi connectivity index (χ0n) is 18.0. The highest BCUT2D eigenvalue weighted by Crippen LogP contribution is 2.29. The maximum absolute atomic E-state index is 12.4. The molecular formula is C26H29N3O2. The molecule has 3 aromatic carbocycles. The second-order valence-corrected chi connectivity index (χ2v) is 7.67. The number of nitrogens with zero attached hydrogens (tertiary/aromatic N) is 2. The van der Waals surface area contributed by atoms with E-state index in [1.54, 1.807) is 0 Å². The number of para-hydroxylation sites is 1. The van der Waals surface area contributed by atoms with Gasteiger partial charge in [-0.1, -0.05) is 55.5 Å². The van der Waals surface area contributed by atoms with Crippen molar-refractivity contribution in [1.29, 1.82) is 0 Å². The predicted octanol–water partition coefficient (Wildman–Crippen LogP) is 4.51. The SMILES string of the molecule is CCN1CCN(c2ccc(NC(=O)COc3ccccc3-c3ccccc3)cc2)CC1. The van der Waals surface area contributed by atoms with E-state index in [9.17, 15) is 4.79 Å². The summed E-state index contributed by atoms with van der Waals surface area (Å²) in [6.45, 7) is 7.54. The van der Waals surface area contributed by atoms with Gasteiger partial charge in [-0.15, -0.1) is 0 Å². The van der Waals surface area contributed by atoms with Gasteiger partial charge in [0.2, 0.25) is 0 Å². The van der Waals surface area contributed by atoms with Crippen LogP contribution in [-0.4, -0.2) is 50.1 Å². The van der Waals surface area contributed by atoms with E-state index in [1.807, 2.05) is 66.7 Å². The van der Waals surface area contributed by atoms with Crippen LogP contribution in [0.4, 0.5) is 11.4 Å². The van der Waals surface area contributed by atoms with Gasteiger partial charge in [0.25, 0.3) is 5.91 Å². The van der Waals surface area contributed by atoms with Crippen molar-refractivity contribution in [2.75, 3.05) is 49.5 Å². The Balaban J connectivity index is 1.32. The highest BCUT2D eigenvalue weighted by molar-refractivity contribution is 5.92. The molecule has 0 atom stereocenters. The van der Waals surface area contributed by atoms with E-state index >= 15 is 0 Å². The van der Waals surface area contributed by atoms with Crippen LogP contribution in [0.3, 0.4) is 0 Å². The van der Waals surface area contributed by atoms with Crippen LogP contribution in [0.5, 0.6) is 5.75 Å². The molecule has 5 nitrogen and oxygen atoms in total. The number of amides is 1. The smallest absolute Gasteiger partial charge is 0.262 e. The number of hydrogen-bond acceptors (Lipinski definition) is 4. The highest BCUT2D eigenvalue weighted by atomic mass is 16.5. The van der Waals surface area contributed by atoms with Crippen molar-refractivity contribution < 1.29 is 9.53 Å². The van der Waals surface area contributed by atoms with Crippen molar-refractivity contribution in [2.45, 2.75) is 6.92 Å². The third-order valence-corrected chi connectivity index (χ3v) is 5.67. The lowest BCUT2D eigenvalue weighted by molar-refractivity contribution is -0.118. The molecule has 160 valence electrons. The molecule has 0 aromatic heterocycles. The van der Waals surface area contributed by atoms with Crippen LogP contribution < -0.4 is 15.0 Å². The largest absolute Gasteiger partial charge is 0.483 e. The lowest BCUT2D eigenvalue weighted by atomic mass is 10.1. The molecule has 1 N–H and O–H groups in total. The summed E-state index contributed by atoms with van der Waals surface area (Å²) in [6.07, 6.45) is 0. The first kappa shape index (κ1) is 20.9. The molecule has 0 aliphatic carbocycles. The summed E-state index contributed by atoms with van der Waals surface area (Å²) in [5.74, 6) is 0.526. The number of ether oxygens (including phenoxy) is 1. The van der Waals surface area contributed by atoms with Crippen LogP contribution in [0.25, 0.3) is 11.1 Å². The van der Waals surface area contributed by atoms with E-state index in [-0.39, 0.29) is 12.5 Å². The van der Waals surface area contributed by atoms with Gasteiger partial charge >= 0.3 is 0 Å². The number of hydrogen-bond donors (Lipinski definition) is 1. The monoisotopic (exact) mass is 415 g/mol. The van der Waals surface area contributed by atoms with Gasteiger partial charge in [0.05, 0.1) is 0 Å². The Hall–Kier alpha value is -3.31. The second kappa shape index (κ2) is 10.1. The third-order valence-electron chi connectivity index (χ3n) is 5.67. The van der Waals surface area contributed by atoms with E-state index < -0.39 is 0 Å². The van der Waals surface area contributed by atoms with Gasteiger partial charge < -0.3 is 19.9 Å². The van der Waals surface area contributed by atoms with Crippen molar-refractivity contribution in [3.8, 4) is 16.9 Å². The Morgan fingerprint density at radius 1 is 0.871 bits per heavy atom. The Bertz CT molecular complexity index is 981. The molecule has 3 aromatic rings. The molecule has 1 amide bonds. The van der Waals surface area contributed by atoms with E-state index in [0.717, 1.165) is 49.5 Å². The first-order valence-corrected chi connectivity index (χ1v) is 10.9. The van der Waals surface area contributed by atoms with Gasteiger partial charge in [-0.05, 0) is 42.4 Å². The van der Waals surface area contributed by atoms with Crippen LogP contribution in [0.15, 0.2) is 78.9 Å². The molecule has 5 heteroatoms. The Kier molecular flexibility index (Phi) is 6.85. The Labute approximate surface area is 184 Å². The fourth-order valence-electron chi connectivity index (χ4n) is 3.87. The summed E-state index contributed by atoms with van der Waals surface area (Å²) in [6, 6.07) is 25.9. The molecule has 0 bridgehead atoms. The fraction of sp³-hybridized carbons (Fsp3) is 0.269. The second-order valence-electron chi connectivity index (χ2n) is 7.67. The van der Waals surface area contributed by atoms with Gasteiger partial charge in [0.15, 0.2) is 6.61 Å². The quantitative estimate of drug-likeness (QED) is 0.617. The summed E-state index contributed by atoms with van der Waals surface area (Å²) in [4.78, 5) is 17.3. The zero-order valence-corrected chi connectivity index (χ0v) is 18.0. The summed E-state index contributed by atoms with van der Waals surface area (Å²) in [5.41, 5.74) is 4.01. The summed E-state index contributed by atoms with van der Waals surface area (Å²) in [7, 11) is 0. The molecule has 0 spiro atoms. The minimum absolute atomic E-state index is 0.0371. The number of benzene rings is 3. The summed E-state index contributed by atoms with van der Waals surface area (Å²) >= 11 is 0. The van der Waals surface area contributed by atoms with Gasteiger partial charge in [-0.2, -0.15) is 0 Å². The first-order valence-electron chi connectivity index (χ1n) is 10.9. The van der Waals surface area contributed by atoms with Crippen molar-refractivity contribution in [2.24, 2.45) is 0 Å². The number of anilines is 2. The van der Waals surface area contributed by atoms with Gasteiger partial charge in [0.1, 0.15) is 5.75 Å². The number of nitrogens with one attached hydrogen (secondary N) is 1. The average molecular weight is 416 g/mol. The molecule has 0 unspecified atom stereocenters. The number of rotatable bonds is 7. The minimum Gasteiger partial charge on any atom is -0.483 e. The molecule has 1 aliphatic rings. The maximum atomic E-state index is 12.4. The molecule has 0 saturated carbocycles. The standard InChI is InChI=1S/C26H29N3O2/c1-2-28-16-18-29(19-17-28)23-14-12-22(13-15-23)27-26(30)20-31-25-11-7-6-10-24(25)21-8-4-3-5-9-21/h3-15H,2,16-20H2,1H3,(H,27,30).